The van der Waals surface area contributed by atoms with Gasteiger partial charge in [-0.25, -0.2) is 9.97 Å². The Morgan fingerprint density at radius 2 is 2.00 bits per heavy atom. The molecule has 0 amide bonds. The van der Waals surface area contributed by atoms with Crippen molar-refractivity contribution in [3.8, 4) is 22.8 Å². The summed E-state index contributed by atoms with van der Waals surface area (Å²) in [6.07, 6.45) is 15.9. The first-order valence-electron chi connectivity index (χ1n) is 12.2. The number of anilines is 1. The highest BCUT2D eigenvalue weighted by molar-refractivity contribution is 5.95. The molecule has 0 aromatic carbocycles. The molecule has 178 valence electrons. The highest BCUT2D eigenvalue weighted by Crippen LogP contribution is 2.31. The van der Waals surface area contributed by atoms with E-state index in [1.54, 1.807) is 12.4 Å². The van der Waals surface area contributed by atoms with Crippen LogP contribution in [0.15, 0.2) is 73.4 Å². The van der Waals surface area contributed by atoms with Crippen LogP contribution in [0.25, 0.3) is 50.4 Å². The Labute approximate surface area is 208 Å². The highest BCUT2D eigenvalue weighted by atomic mass is 15.2. The van der Waals surface area contributed by atoms with Crippen molar-refractivity contribution in [2.75, 3.05) is 5.32 Å². The Morgan fingerprint density at radius 3 is 2.86 bits per heavy atom. The maximum absolute atomic E-state index is 4.94. The summed E-state index contributed by atoms with van der Waals surface area (Å²) in [5.74, 6) is 0.651. The van der Waals surface area contributed by atoms with E-state index >= 15 is 0 Å². The SMILES string of the molecule is C=C(CCCC)Nc1cncc(-c2ccc3[nH]nc(-c4nc5c(C6=CCC=C6)nccc5[nH]4)c3n2)c1. The number of unbranched alkanes of at least 4 members (excludes halogenated alkanes) is 1. The van der Waals surface area contributed by atoms with Crippen LogP contribution in [0.4, 0.5) is 5.69 Å². The van der Waals surface area contributed by atoms with Gasteiger partial charge in [-0.2, -0.15) is 5.10 Å². The zero-order chi connectivity index (χ0) is 24.5. The molecular formula is C28H26N8. The van der Waals surface area contributed by atoms with E-state index in [0.29, 0.717) is 11.5 Å². The second kappa shape index (κ2) is 9.22. The van der Waals surface area contributed by atoms with E-state index in [0.717, 1.165) is 81.7 Å². The summed E-state index contributed by atoms with van der Waals surface area (Å²) in [5.41, 5.74) is 9.54. The van der Waals surface area contributed by atoms with Gasteiger partial charge in [0.1, 0.15) is 11.0 Å². The quantitative estimate of drug-likeness (QED) is 0.240. The van der Waals surface area contributed by atoms with E-state index in [4.69, 9.17) is 9.97 Å². The van der Waals surface area contributed by atoms with E-state index in [1.165, 1.54) is 0 Å². The molecule has 36 heavy (non-hydrogen) atoms. The van der Waals surface area contributed by atoms with E-state index < -0.39 is 0 Å². The summed E-state index contributed by atoms with van der Waals surface area (Å²) in [7, 11) is 0. The van der Waals surface area contributed by atoms with Crippen LogP contribution in [0.5, 0.6) is 0 Å². The van der Waals surface area contributed by atoms with E-state index in [1.807, 2.05) is 30.5 Å². The summed E-state index contributed by atoms with van der Waals surface area (Å²) in [5, 5.41) is 11.0. The largest absolute Gasteiger partial charge is 0.358 e. The van der Waals surface area contributed by atoms with Gasteiger partial charge in [-0.05, 0) is 49.1 Å². The van der Waals surface area contributed by atoms with Crippen LogP contribution in [0.1, 0.15) is 38.3 Å². The molecule has 0 aliphatic heterocycles. The lowest BCUT2D eigenvalue weighted by molar-refractivity contribution is 0.791. The summed E-state index contributed by atoms with van der Waals surface area (Å²) in [6.45, 7) is 6.30. The number of nitrogens with zero attached hydrogens (tertiary/aromatic N) is 5. The van der Waals surface area contributed by atoms with Crippen LogP contribution in [-0.2, 0) is 0 Å². The van der Waals surface area contributed by atoms with Gasteiger partial charge in [0.2, 0.25) is 0 Å². The van der Waals surface area contributed by atoms with Crippen molar-refractivity contribution in [2.24, 2.45) is 0 Å². The average Bonchev–Trinajstić information content (AvgIpc) is 3.66. The van der Waals surface area contributed by atoms with Crippen molar-refractivity contribution >= 4 is 33.3 Å². The molecule has 0 saturated carbocycles. The van der Waals surface area contributed by atoms with Gasteiger partial charge in [0.15, 0.2) is 11.5 Å². The molecule has 8 nitrogen and oxygen atoms in total. The molecule has 0 fully saturated rings. The predicted molar refractivity (Wildman–Crippen MR) is 144 cm³/mol. The van der Waals surface area contributed by atoms with Gasteiger partial charge >= 0.3 is 0 Å². The standard InChI is InChI=1S/C28H26N8/c1-3-4-7-17(2)31-20-14-19(15-29-16-20)21-10-11-23-26(32-21)27(36-35-23)28-33-22-12-13-30-24(25(22)34-28)18-8-5-6-9-18/h5,8-16,31H,2-4,6-7H2,1H3,(H,33,34)(H,35,36). The molecule has 0 radical (unpaired) electrons. The van der Waals surface area contributed by atoms with Crippen molar-refractivity contribution in [2.45, 2.75) is 32.6 Å². The van der Waals surface area contributed by atoms with Crippen molar-refractivity contribution in [1.29, 1.82) is 0 Å². The third-order valence-electron chi connectivity index (χ3n) is 6.26. The molecule has 8 heteroatoms. The molecule has 1 aliphatic rings. The zero-order valence-electron chi connectivity index (χ0n) is 20.0. The molecule has 5 aromatic rings. The van der Waals surface area contributed by atoms with Gasteiger partial charge in [0, 0.05) is 23.7 Å². The number of aromatic nitrogens is 7. The summed E-state index contributed by atoms with van der Waals surface area (Å²) < 4.78 is 0. The molecule has 0 unspecified atom stereocenters. The Balaban J connectivity index is 1.36. The van der Waals surface area contributed by atoms with Crippen LogP contribution in [0, 0.1) is 0 Å². The Morgan fingerprint density at radius 1 is 1.08 bits per heavy atom. The fraction of sp³-hybridized carbons (Fsp3) is 0.179. The van der Waals surface area contributed by atoms with Gasteiger partial charge < -0.3 is 10.3 Å². The Hall–Kier alpha value is -4.59. The van der Waals surface area contributed by atoms with Crippen molar-refractivity contribution in [1.82, 2.24) is 35.1 Å². The monoisotopic (exact) mass is 474 g/mol. The first kappa shape index (κ1) is 21.9. The molecule has 3 N–H and O–H groups in total. The Bertz CT molecular complexity index is 1650. The van der Waals surface area contributed by atoms with E-state index in [-0.39, 0.29) is 0 Å². The number of fused-ring (bicyclic) bond motifs is 2. The fourth-order valence-electron chi connectivity index (χ4n) is 4.42. The van der Waals surface area contributed by atoms with Gasteiger partial charge in [-0.1, -0.05) is 38.2 Å². The number of imidazole rings is 1. The lowest BCUT2D eigenvalue weighted by Gasteiger charge is -2.10. The number of aromatic amines is 2. The van der Waals surface area contributed by atoms with E-state index in [9.17, 15) is 0 Å². The first-order chi connectivity index (χ1) is 17.7. The molecule has 5 aromatic heterocycles. The van der Waals surface area contributed by atoms with Gasteiger partial charge in [-0.3, -0.25) is 15.1 Å². The second-order valence-corrected chi connectivity index (χ2v) is 8.90. The smallest absolute Gasteiger partial charge is 0.161 e. The van der Waals surface area contributed by atoms with Gasteiger partial charge in [0.05, 0.1) is 34.3 Å². The minimum absolute atomic E-state index is 0.651. The minimum Gasteiger partial charge on any atom is -0.358 e. The third-order valence-corrected chi connectivity index (χ3v) is 6.26. The van der Waals surface area contributed by atoms with Crippen LogP contribution in [0.3, 0.4) is 0 Å². The second-order valence-electron chi connectivity index (χ2n) is 8.90. The van der Waals surface area contributed by atoms with Crippen molar-refractivity contribution in [3.63, 3.8) is 0 Å². The average molecular weight is 475 g/mol. The molecule has 0 saturated heterocycles. The molecule has 5 heterocycles. The maximum Gasteiger partial charge on any atom is 0.161 e. The molecule has 1 aliphatic carbocycles. The van der Waals surface area contributed by atoms with E-state index in [2.05, 4.69) is 62.2 Å². The Kier molecular flexibility index (Phi) is 5.61. The lowest BCUT2D eigenvalue weighted by Crippen LogP contribution is -1.99. The van der Waals surface area contributed by atoms with Crippen LogP contribution in [0.2, 0.25) is 0 Å². The topological polar surface area (TPSA) is 108 Å². The summed E-state index contributed by atoms with van der Waals surface area (Å²) >= 11 is 0. The summed E-state index contributed by atoms with van der Waals surface area (Å²) in [6, 6.07) is 7.93. The normalized spacial score (nSPS) is 13.0. The third kappa shape index (κ3) is 4.07. The molecule has 0 atom stereocenters. The number of rotatable bonds is 8. The van der Waals surface area contributed by atoms with Gasteiger partial charge in [0.25, 0.3) is 0 Å². The number of allylic oxidation sites excluding steroid dienone is 5. The van der Waals surface area contributed by atoms with Gasteiger partial charge in [-0.15, -0.1) is 0 Å². The first-order valence-corrected chi connectivity index (χ1v) is 12.2. The van der Waals surface area contributed by atoms with Crippen LogP contribution < -0.4 is 5.32 Å². The highest BCUT2D eigenvalue weighted by Gasteiger charge is 2.18. The molecular weight excluding hydrogens is 448 g/mol. The predicted octanol–water partition coefficient (Wildman–Crippen LogP) is 6.42. The summed E-state index contributed by atoms with van der Waals surface area (Å²) in [4.78, 5) is 22.2. The minimum atomic E-state index is 0.651. The fourth-order valence-corrected chi connectivity index (χ4v) is 4.42. The maximum atomic E-state index is 4.94. The van der Waals surface area contributed by atoms with Crippen LogP contribution >= 0.6 is 0 Å². The number of pyridine rings is 3. The molecule has 6 rings (SSSR count). The molecule has 0 bridgehead atoms. The number of hydrogen-bond donors (Lipinski definition) is 3. The number of hydrogen-bond acceptors (Lipinski definition) is 6. The van der Waals surface area contributed by atoms with Crippen molar-refractivity contribution in [3.05, 3.63) is 79.1 Å². The number of H-pyrrole nitrogens is 2. The molecule has 0 spiro atoms. The number of nitrogens with one attached hydrogen (secondary N) is 3. The zero-order valence-corrected chi connectivity index (χ0v) is 20.0. The van der Waals surface area contributed by atoms with Crippen LogP contribution in [-0.4, -0.2) is 35.1 Å². The lowest BCUT2D eigenvalue weighted by atomic mass is 10.1. The van der Waals surface area contributed by atoms with Crippen molar-refractivity contribution < 1.29 is 0 Å².